The Morgan fingerprint density at radius 2 is 1.89 bits per heavy atom. The maximum absolute atomic E-state index is 10.5. The number of hydrogen-bond acceptors (Lipinski definition) is 4. The van der Waals surface area contributed by atoms with Crippen LogP contribution in [0, 0.1) is 0 Å². The molecular formula is C13H28N2O3. The van der Waals surface area contributed by atoms with Crippen LogP contribution in [-0.2, 0) is 14.3 Å². The average molecular weight is 260 g/mol. The van der Waals surface area contributed by atoms with Crippen molar-refractivity contribution in [3.05, 3.63) is 0 Å². The van der Waals surface area contributed by atoms with Crippen molar-refractivity contribution in [1.29, 1.82) is 0 Å². The summed E-state index contributed by atoms with van der Waals surface area (Å²) in [5.41, 5.74) is 5.01. The summed E-state index contributed by atoms with van der Waals surface area (Å²) in [7, 11) is 2.08. The molecule has 0 heterocycles. The van der Waals surface area contributed by atoms with E-state index in [-0.39, 0.29) is 12.7 Å². The van der Waals surface area contributed by atoms with Crippen molar-refractivity contribution >= 4 is 5.91 Å². The minimum absolute atomic E-state index is 0.00705. The van der Waals surface area contributed by atoms with E-state index in [9.17, 15) is 4.79 Å². The summed E-state index contributed by atoms with van der Waals surface area (Å²) in [5.74, 6) is -0.416. The van der Waals surface area contributed by atoms with Crippen LogP contribution in [-0.4, -0.2) is 56.4 Å². The van der Waals surface area contributed by atoms with Crippen LogP contribution >= 0.6 is 0 Å². The minimum Gasteiger partial charge on any atom is -0.379 e. The first kappa shape index (κ1) is 17.4. The Bertz CT molecular complexity index is 222. The third-order valence-electron chi connectivity index (χ3n) is 2.56. The average Bonchev–Trinajstić information content (AvgIpc) is 2.29. The van der Waals surface area contributed by atoms with Gasteiger partial charge in [0, 0.05) is 19.7 Å². The predicted octanol–water partition coefficient (Wildman–Crippen LogP) is 1.01. The van der Waals surface area contributed by atoms with Crippen LogP contribution in [0.1, 0.15) is 33.6 Å². The Balaban J connectivity index is 3.45. The van der Waals surface area contributed by atoms with Gasteiger partial charge in [-0.3, -0.25) is 4.79 Å². The molecule has 18 heavy (non-hydrogen) atoms. The van der Waals surface area contributed by atoms with E-state index in [0.717, 1.165) is 32.5 Å². The van der Waals surface area contributed by atoms with Crippen molar-refractivity contribution in [3.8, 4) is 0 Å². The Hall–Kier alpha value is -0.650. The lowest BCUT2D eigenvalue weighted by Gasteiger charge is -2.19. The third-order valence-corrected chi connectivity index (χ3v) is 2.56. The summed E-state index contributed by atoms with van der Waals surface area (Å²) < 4.78 is 10.8. The number of amides is 1. The van der Waals surface area contributed by atoms with Crippen LogP contribution in [0.25, 0.3) is 0 Å². The number of nitrogens with zero attached hydrogens (tertiary/aromatic N) is 1. The van der Waals surface area contributed by atoms with E-state index in [2.05, 4.69) is 11.9 Å². The third kappa shape index (κ3) is 11.8. The van der Waals surface area contributed by atoms with Crippen molar-refractivity contribution in [2.75, 3.05) is 33.4 Å². The van der Waals surface area contributed by atoms with E-state index >= 15 is 0 Å². The fourth-order valence-corrected chi connectivity index (χ4v) is 1.48. The molecule has 0 rings (SSSR count). The summed E-state index contributed by atoms with van der Waals surface area (Å²) >= 11 is 0. The second kappa shape index (κ2) is 10.3. The molecule has 5 nitrogen and oxygen atoms in total. The van der Waals surface area contributed by atoms with Crippen LogP contribution < -0.4 is 5.73 Å². The largest absolute Gasteiger partial charge is 0.379 e. The quantitative estimate of drug-likeness (QED) is 0.563. The van der Waals surface area contributed by atoms with Gasteiger partial charge in [0.25, 0.3) is 0 Å². The molecule has 0 spiro atoms. The van der Waals surface area contributed by atoms with Gasteiger partial charge in [-0.2, -0.15) is 0 Å². The lowest BCUT2D eigenvalue weighted by Crippen LogP contribution is -2.27. The minimum atomic E-state index is -0.416. The molecule has 5 heteroatoms. The molecule has 0 aliphatic carbocycles. The van der Waals surface area contributed by atoms with Gasteiger partial charge in [-0.25, -0.2) is 0 Å². The molecule has 0 aromatic rings. The molecule has 1 unspecified atom stereocenters. The number of nitrogens with two attached hydrogens (primary N) is 1. The van der Waals surface area contributed by atoms with Gasteiger partial charge in [-0.05, 0) is 40.7 Å². The molecule has 0 radical (unpaired) electrons. The van der Waals surface area contributed by atoms with Gasteiger partial charge in [0.1, 0.15) is 6.61 Å². The predicted molar refractivity (Wildman–Crippen MR) is 72.4 cm³/mol. The standard InChI is InChI=1S/C13H28N2O3/c1-11(2)17-9-5-7-15(4)8-6-12(3)18-10-13(14)16/h11-12H,5-10H2,1-4H3,(H2,14,16). The number of carbonyl (C=O) groups excluding carboxylic acids is 1. The van der Waals surface area contributed by atoms with Crippen molar-refractivity contribution in [2.24, 2.45) is 5.73 Å². The lowest BCUT2D eigenvalue weighted by atomic mass is 10.2. The summed E-state index contributed by atoms with van der Waals surface area (Å²) in [4.78, 5) is 12.8. The van der Waals surface area contributed by atoms with E-state index in [1.807, 2.05) is 20.8 Å². The number of primary amides is 1. The van der Waals surface area contributed by atoms with E-state index in [0.29, 0.717) is 6.10 Å². The highest BCUT2D eigenvalue weighted by molar-refractivity contribution is 5.74. The summed E-state index contributed by atoms with van der Waals surface area (Å²) in [6.07, 6.45) is 2.30. The molecule has 0 bridgehead atoms. The Labute approximate surface area is 111 Å². The Morgan fingerprint density at radius 1 is 1.22 bits per heavy atom. The van der Waals surface area contributed by atoms with Crippen LogP contribution in [0.15, 0.2) is 0 Å². The van der Waals surface area contributed by atoms with Gasteiger partial charge in [0.2, 0.25) is 5.91 Å². The van der Waals surface area contributed by atoms with E-state index in [4.69, 9.17) is 15.2 Å². The normalized spacial score (nSPS) is 13.2. The second-order valence-electron chi connectivity index (χ2n) is 4.95. The maximum atomic E-state index is 10.5. The molecule has 2 N–H and O–H groups in total. The highest BCUT2D eigenvalue weighted by Crippen LogP contribution is 2.00. The van der Waals surface area contributed by atoms with Crippen LogP contribution in [0.4, 0.5) is 0 Å². The molecule has 0 saturated carbocycles. The van der Waals surface area contributed by atoms with Crippen molar-refractivity contribution < 1.29 is 14.3 Å². The van der Waals surface area contributed by atoms with E-state index in [1.165, 1.54) is 0 Å². The smallest absolute Gasteiger partial charge is 0.243 e. The van der Waals surface area contributed by atoms with E-state index in [1.54, 1.807) is 0 Å². The molecule has 0 aliphatic rings. The lowest BCUT2D eigenvalue weighted by molar-refractivity contribution is -0.124. The monoisotopic (exact) mass is 260 g/mol. The molecule has 0 aromatic carbocycles. The highest BCUT2D eigenvalue weighted by Gasteiger charge is 2.06. The molecule has 1 atom stereocenters. The second-order valence-corrected chi connectivity index (χ2v) is 4.95. The molecular weight excluding hydrogens is 232 g/mol. The van der Waals surface area contributed by atoms with Crippen molar-refractivity contribution in [3.63, 3.8) is 0 Å². The van der Waals surface area contributed by atoms with Gasteiger partial charge in [0.05, 0.1) is 12.2 Å². The Morgan fingerprint density at radius 3 is 2.44 bits per heavy atom. The first-order valence-electron chi connectivity index (χ1n) is 6.62. The molecule has 0 aromatic heterocycles. The van der Waals surface area contributed by atoms with Gasteiger partial charge in [-0.1, -0.05) is 0 Å². The summed E-state index contributed by atoms with van der Waals surface area (Å²) in [6.45, 7) is 8.81. The number of ether oxygens (including phenoxy) is 2. The molecule has 0 fully saturated rings. The van der Waals surface area contributed by atoms with Gasteiger partial charge >= 0.3 is 0 Å². The molecule has 108 valence electrons. The van der Waals surface area contributed by atoms with Crippen LogP contribution in [0.2, 0.25) is 0 Å². The number of carbonyl (C=O) groups is 1. The zero-order chi connectivity index (χ0) is 14.0. The first-order chi connectivity index (χ1) is 8.41. The fourth-order valence-electron chi connectivity index (χ4n) is 1.48. The highest BCUT2D eigenvalue weighted by atomic mass is 16.5. The van der Waals surface area contributed by atoms with Crippen LogP contribution in [0.5, 0.6) is 0 Å². The van der Waals surface area contributed by atoms with Gasteiger partial charge in [0.15, 0.2) is 0 Å². The molecule has 0 aliphatic heterocycles. The zero-order valence-corrected chi connectivity index (χ0v) is 12.1. The SMILES string of the molecule is CC(C)OCCCN(C)CCC(C)OCC(N)=O. The summed E-state index contributed by atoms with van der Waals surface area (Å²) in [5, 5.41) is 0. The number of hydrogen-bond donors (Lipinski definition) is 1. The first-order valence-corrected chi connectivity index (χ1v) is 6.62. The molecule has 1 amide bonds. The number of rotatable bonds is 11. The fraction of sp³-hybridized carbons (Fsp3) is 0.923. The summed E-state index contributed by atoms with van der Waals surface area (Å²) in [6, 6.07) is 0. The Kier molecular flexibility index (Phi) is 9.92. The van der Waals surface area contributed by atoms with Gasteiger partial charge < -0.3 is 20.1 Å². The van der Waals surface area contributed by atoms with Gasteiger partial charge in [-0.15, -0.1) is 0 Å². The van der Waals surface area contributed by atoms with Crippen LogP contribution in [0.3, 0.4) is 0 Å². The van der Waals surface area contributed by atoms with Crippen molar-refractivity contribution in [2.45, 2.75) is 45.8 Å². The molecule has 0 saturated heterocycles. The van der Waals surface area contributed by atoms with E-state index < -0.39 is 5.91 Å². The maximum Gasteiger partial charge on any atom is 0.243 e. The zero-order valence-electron chi connectivity index (χ0n) is 12.1. The van der Waals surface area contributed by atoms with Crippen molar-refractivity contribution in [1.82, 2.24) is 4.90 Å². The topological polar surface area (TPSA) is 64.8 Å².